The van der Waals surface area contributed by atoms with Crippen LogP contribution in [0.2, 0.25) is 0 Å². The van der Waals surface area contributed by atoms with Crippen molar-refractivity contribution in [2.45, 2.75) is 31.6 Å². The molecule has 2 rings (SSSR count). The molecule has 0 atom stereocenters. The Hall–Kier alpha value is -3.12. The Kier molecular flexibility index (Phi) is 7.78. The summed E-state index contributed by atoms with van der Waals surface area (Å²) in [7, 11) is -2.64. The molecule has 0 spiro atoms. The number of carbonyl (C=O) groups is 2. The summed E-state index contributed by atoms with van der Waals surface area (Å²) < 4.78 is 31.8. The molecule has 0 aliphatic carbocycles. The number of benzene rings is 1. The number of esters is 1. The van der Waals surface area contributed by atoms with Gasteiger partial charge in [-0.2, -0.15) is 0 Å². The van der Waals surface area contributed by atoms with Crippen LogP contribution in [0.5, 0.6) is 0 Å². The van der Waals surface area contributed by atoms with Crippen LogP contribution in [0.3, 0.4) is 0 Å². The standard InChI is InChI=1S/C18H21N5O5S2/c1-11-10-12(2)20-17(19-11)23-30(26,27)14-6-4-13(5-7-14)21-18(29)22-15(24)8-9-16(25)28-3/h4-7,10H,8-9H2,1-3H3,(H,19,20,23)(H2,21,22,24,29). The number of anilines is 2. The first-order valence-corrected chi connectivity index (χ1v) is 10.6. The molecule has 0 unspecified atom stereocenters. The molecule has 1 heterocycles. The second kappa shape index (κ2) is 10.1. The maximum atomic E-state index is 12.5. The number of nitrogens with one attached hydrogen (secondary N) is 3. The molecule has 1 aromatic heterocycles. The molecule has 1 aromatic carbocycles. The van der Waals surface area contributed by atoms with E-state index in [1.54, 1.807) is 19.9 Å². The number of rotatable bonds is 7. The van der Waals surface area contributed by atoms with Gasteiger partial charge in [-0.25, -0.2) is 23.1 Å². The average molecular weight is 452 g/mol. The van der Waals surface area contributed by atoms with Gasteiger partial charge >= 0.3 is 5.97 Å². The average Bonchev–Trinajstić information content (AvgIpc) is 2.65. The number of hydrogen-bond acceptors (Lipinski definition) is 8. The van der Waals surface area contributed by atoms with Gasteiger partial charge in [-0.1, -0.05) is 0 Å². The molecule has 0 saturated heterocycles. The van der Waals surface area contributed by atoms with Crippen LogP contribution in [0, 0.1) is 13.8 Å². The molecule has 10 nitrogen and oxygen atoms in total. The van der Waals surface area contributed by atoms with Crippen molar-refractivity contribution < 1.29 is 22.7 Å². The summed E-state index contributed by atoms with van der Waals surface area (Å²) in [6.07, 6.45) is -0.132. The molecular formula is C18H21N5O5S2. The van der Waals surface area contributed by atoms with Crippen LogP contribution < -0.4 is 15.4 Å². The Balaban J connectivity index is 1.97. The summed E-state index contributed by atoms with van der Waals surface area (Å²) in [5.41, 5.74) is 1.75. The van der Waals surface area contributed by atoms with Crippen LogP contribution in [0.4, 0.5) is 11.6 Å². The molecule has 0 bridgehead atoms. The number of nitrogens with zero attached hydrogens (tertiary/aromatic N) is 2. The van der Waals surface area contributed by atoms with E-state index in [0.717, 1.165) is 0 Å². The first kappa shape index (κ1) is 23.2. The molecule has 0 aliphatic heterocycles. The van der Waals surface area contributed by atoms with E-state index in [2.05, 4.69) is 30.1 Å². The molecule has 0 radical (unpaired) electrons. The Morgan fingerprint density at radius 3 is 2.23 bits per heavy atom. The van der Waals surface area contributed by atoms with Crippen LogP contribution in [0.25, 0.3) is 0 Å². The van der Waals surface area contributed by atoms with Crippen LogP contribution in [0.1, 0.15) is 24.2 Å². The van der Waals surface area contributed by atoms with Gasteiger partial charge in [0.25, 0.3) is 10.0 Å². The number of methoxy groups -OCH3 is 1. The second-order valence-electron chi connectivity index (χ2n) is 6.18. The highest BCUT2D eigenvalue weighted by molar-refractivity contribution is 7.92. The summed E-state index contributed by atoms with van der Waals surface area (Å²) in [5.74, 6) is -0.957. The van der Waals surface area contributed by atoms with Crippen molar-refractivity contribution in [3.8, 4) is 0 Å². The minimum Gasteiger partial charge on any atom is -0.469 e. The van der Waals surface area contributed by atoms with Crippen LogP contribution in [-0.2, 0) is 24.3 Å². The van der Waals surface area contributed by atoms with Gasteiger partial charge in [-0.3, -0.25) is 9.59 Å². The number of aryl methyl sites for hydroxylation is 2. The summed E-state index contributed by atoms with van der Waals surface area (Å²) in [6, 6.07) is 7.45. The van der Waals surface area contributed by atoms with E-state index < -0.39 is 21.9 Å². The quantitative estimate of drug-likeness (QED) is 0.423. The van der Waals surface area contributed by atoms with E-state index in [4.69, 9.17) is 12.2 Å². The van der Waals surface area contributed by atoms with Gasteiger partial charge in [0.2, 0.25) is 11.9 Å². The van der Waals surface area contributed by atoms with Crippen LogP contribution >= 0.6 is 12.2 Å². The third-order valence-electron chi connectivity index (χ3n) is 3.67. The lowest BCUT2D eigenvalue weighted by Crippen LogP contribution is -2.34. The van der Waals surface area contributed by atoms with E-state index >= 15 is 0 Å². The molecule has 2 aromatic rings. The Labute approximate surface area is 179 Å². The number of ether oxygens (including phenoxy) is 1. The predicted molar refractivity (Wildman–Crippen MR) is 114 cm³/mol. The lowest BCUT2D eigenvalue weighted by molar-refractivity contribution is -0.142. The van der Waals surface area contributed by atoms with Crippen molar-refractivity contribution in [2.24, 2.45) is 0 Å². The van der Waals surface area contributed by atoms with Crippen molar-refractivity contribution in [2.75, 3.05) is 17.1 Å². The molecule has 0 aliphatic rings. The van der Waals surface area contributed by atoms with Gasteiger partial charge in [-0.15, -0.1) is 0 Å². The van der Waals surface area contributed by atoms with Crippen molar-refractivity contribution in [3.05, 3.63) is 41.7 Å². The van der Waals surface area contributed by atoms with E-state index in [-0.39, 0.29) is 28.8 Å². The summed E-state index contributed by atoms with van der Waals surface area (Å²) in [5, 5.41) is 5.20. The first-order chi connectivity index (χ1) is 14.1. The minimum atomic E-state index is -3.88. The molecule has 0 fully saturated rings. The molecule has 0 saturated carbocycles. The van der Waals surface area contributed by atoms with Gasteiger partial charge in [0.15, 0.2) is 5.11 Å². The van der Waals surface area contributed by atoms with Crippen molar-refractivity contribution in [1.29, 1.82) is 0 Å². The zero-order chi connectivity index (χ0) is 22.3. The third-order valence-corrected chi connectivity index (χ3v) is 5.22. The zero-order valence-electron chi connectivity index (χ0n) is 16.6. The molecular weight excluding hydrogens is 430 g/mol. The second-order valence-corrected chi connectivity index (χ2v) is 8.27. The van der Waals surface area contributed by atoms with Gasteiger partial charge in [0.1, 0.15) is 0 Å². The smallest absolute Gasteiger partial charge is 0.306 e. The van der Waals surface area contributed by atoms with E-state index in [1.165, 1.54) is 31.4 Å². The predicted octanol–water partition coefficient (Wildman–Crippen LogP) is 1.66. The van der Waals surface area contributed by atoms with E-state index in [1.807, 2.05) is 0 Å². The van der Waals surface area contributed by atoms with Gasteiger partial charge in [0.05, 0.1) is 18.4 Å². The largest absolute Gasteiger partial charge is 0.469 e. The number of aromatic nitrogens is 2. The molecule has 1 amide bonds. The first-order valence-electron chi connectivity index (χ1n) is 8.72. The van der Waals surface area contributed by atoms with Gasteiger partial charge in [-0.05, 0) is 56.4 Å². The highest BCUT2D eigenvalue weighted by Crippen LogP contribution is 2.17. The fourth-order valence-electron chi connectivity index (χ4n) is 2.34. The van der Waals surface area contributed by atoms with E-state index in [9.17, 15) is 18.0 Å². The van der Waals surface area contributed by atoms with Crippen molar-refractivity contribution in [3.63, 3.8) is 0 Å². The third kappa shape index (κ3) is 7.04. The maximum absolute atomic E-state index is 12.5. The number of amides is 1. The number of thiocarbonyl (C=S) groups is 1. The van der Waals surface area contributed by atoms with Crippen LogP contribution in [0.15, 0.2) is 35.2 Å². The number of hydrogen-bond donors (Lipinski definition) is 3. The van der Waals surface area contributed by atoms with Crippen LogP contribution in [-0.4, -0.2) is 42.5 Å². The SMILES string of the molecule is COC(=O)CCC(=O)NC(=S)Nc1ccc(S(=O)(=O)Nc2nc(C)cc(C)n2)cc1. The molecule has 12 heteroatoms. The van der Waals surface area contributed by atoms with Gasteiger partial charge in [0, 0.05) is 23.5 Å². The Morgan fingerprint density at radius 1 is 1.07 bits per heavy atom. The molecule has 160 valence electrons. The zero-order valence-corrected chi connectivity index (χ0v) is 18.2. The van der Waals surface area contributed by atoms with Gasteiger partial charge < -0.3 is 15.4 Å². The van der Waals surface area contributed by atoms with E-state index in [0.29, 0.717) is 17.1 Å². The summed E-state index contributed by atoms with van der Waals surface area (Å²) in [6.45, 7) is 3.48. The Bertz CT molecular complexity index is 1030. The summed E-state index contributed by atoms with van der Waals surface area (Å²) in [4.78, 5) is 30.9. The fraction of sp³-hybridized carbons (Fsp3) is 0.278. The fourth-order valence-corrected chi connectivity index (χ4v) is 3.51. The minimum absolute atomic E-state index is 0.00356. The van der Waals surface area contributed by atoms with Crippen molar-refractivity contribution in [1.82, 2.24) is 15.3 Å². The summed E-state index contributed by atoms with van der Waals surface area (Å²) >= 11 is 5.03. The monoisotopic (exact) mass is 451 g/mol. The Morgan fingerprint density at radius 2 is 1.67 bits per heavy atom. The lowest BCUT2D eigenvalue weighted by atomic mass is 10.3. The highest BCUT2D eigenvalue weighted by atomic mass is 32.2. The topological polar surface area (TPSA) is 139 Å². The molecule has 3 N–H and O–H groups in total. The van der Waals surface area contributed by atoms with Crippen molar-refractivity contribution >= 4 is 50.9 Å². The molecule has 30 heavy (non-hydrogen) atoms. The normalized spacial score (nSPS) is 10.8. The maximum Gasteiger partial charge on any atom is 0.306 e. The number of sulfonamides is 1. The number of carbonyl (C=O) groups excluding carboxylic acids is 2. The highest BCUT2D eigenvalue weighted by Gasteiger charge is 2.16. The lowest BCUT2D eigenvalue weighted by Gasteiger charge is -2.11.